The second kappa shape index (κ2) is 10.3. The fraction of sp³-hybridized carbons (Fsp3) is 0.280. The predicted octanol–water partition coefficient (Wildman–Crippen LogP) is 5.70. The molecular weight excluding hydrogens is 429 g/mol. The maximum Gasteiger partial charge on any atom is 0.253 e. The molecule has 1 aliphatic heterocycles. The van der Waals surface area contributed by atoms with Crippen LogP contribution in [0.3, 0.4) is 0 Å². The average Bonchev–Trinajstić information content (AvgIpc) is 2.82. The molecule has 0 unspecified atom stereocenters. The highest BCUT2D eigenvalue weighted by molar-refractivity contribution is 6.42. The Hall–Kier alpha value is -2.40. The SMILES string of the molecule is O=C(c1ccc(Cl)c(Cl)c1)N1CCC(CNCc2cccc(-c3ccccc3)n2)CC1. The molecule has 0 radical (unpaired) electrons. The number of hydrogen-bond donors (Lipinski definition) is 1. The van der Waals surface area contributed by atoms with E-state index in [2.05, 4.69) is 29.6 Å². The smallest absolute Gasteiger partial charge is 0.253 e. The minimum absolute atomic E-state index is 0.0203. The van der Waals surface area contributed by atoms with E-state index in [0.29, 0.717) is 21.5 Å². The number of carbonyl (C=O) groups excluding carboxylic acids is 1. The second-order valence-electron chi connectivity index (χ2n) is 7.88. The molecule has 31 heavy (non-hydrogen) atoms. The summed E-state index contributed by atoms with van der Waals surface area (Å²) in [5, 5.41) is 4.42. The van der Waals surface area contributed by atoms with Gasteiger partial charge in [-0.25, -0.2) is 0 Å². The van der Waals surface area contributed by atoms with Crippen LogP contribution in [0.1, 0.15) is 28.9 Å². The summed E-state index contributed by atoms with van der Waals surface area (Å²) in [5.41, 5.74) is 3.75. The maximum atomic E-state index is 12.7. The molecule has 0 aliphatic carbocycles. The first kappa shape index (κ1) is 21.8. The molecular formula is C25H25Cl2N3O. The summed E-state index contributed by atoms with van der Waals surface area (Å²) in [5.74, 6) is 0.571. The van der Waals surface area contributed by atoms with Crippen LogP contribution in [0.5, 0.6) is 0 Å². The fourth-order valence-electron chi connectivity index (χ4n) is 3.90. The molecule has 2 aromatic carbocycles. The van der Waals surface area contributed by atoms with Crippen molar-refractivity contribution in [2.24, 2.45) is 5.92 Å². The van der Waals surface area contributed by atoms with Crippen molar-refractivity contribution in [2.75, 3.05) is 19.6 Å². The Kier molecular flexibility index (Phi) is 7.23. The number of nitrogens with zero attached hydrogens (tertiary/aromatic N) is 2. The van der Waals surface area contributed by atoms with Crippen LogP contribution < -0.4 is 5.32 Å². The van der Waals surface area contributed by atoms with Crippen LogP contribution in [-0.2, 0) is 6.54 Å². The Bertz CT molecular complexity index is 1030. The third-order valence-corrected chi connectivity index (χ3v) is 6.42. The van der Waals surface area contributed by atoms with Gasteiger partial charge in [0, 0.05) is 30.8 Å². The minimum Gasteiger partial charge on any atom is -0.339 e. The van der Waals surface area contributed by atoms with E-state index >= 15 is 0 Å². The lowest BCUT2D eigenvalue weighted by Gasteiger charge is -2.32. The quantitative estimate of drug-likeness (QED) is 0.520. The van der Waals surface area contributed by atoms with Crippen LogP contribution in [0, 0.1) is 5.92 Å². The number of amides is 1. The molecule has 1 N–H and O–H groups in total. The van der Waals surface area contributed by atoms with Crippen molar-refractivity contribution in [2.45, 2.75) is 19.4 Å². The summed E-state index contributed by atoms with van der Waals surface area (Å²) in [7, 11) is 0. The zero-order valence-electron chi connectivity index (χ0n) is 17.2. The molecule has 0 atom stereocenters. The first-order valence-corrected chi connectivity index (χ1v) is 11.3. The van der Waals surface area contributed by atoms with Crippen LogP contribution in [0.15, 0.2) is 66.7 Å². The number of benzene rings is 2. The monoisotopic (exact) mass is 453 g/mol. The van der Waals surface area contributed by atoms with Gasteiger partial charge in [0.25, 0.3) is 5.91 Å². The number of rotatable bonds is 6. The molecule has 160 valence electrons. The van der Waals surface area contributed by atoms with E-state index in [1.54, 1.807) is 18.2 Å². The molecule has 1 aromatic heterocycles. The van der Waals surface area contributed by atoms with Gasteiger partial charge in [-0.2, -0.15) is 0 Å². The summed E-state index contributed by atoms with van der Waals surface area (Å²) < 4.78 is 0. The number of pyridine rings is 1. The zero-order valence-corrected chi connectivity index (χ0v) is 18.7. The topological polar surface area (TPSA) is 45.2 Å². The summed E-state index contributed by atoms with van der Waals surface area (Å²) >= 11 is 12.0. The molecule has 1 aliphatic rings. The Balaban J connectivity index is 1.24. The number of nitrogens with one attached hydrogen (secondary N) is 1. The molecule has 1 saturated heterocycles. The van der Waals surface area contributed by atoms with Crippen molar-refractivity contribution in [3.63, 3.8) is 0 Å². The van der Waals surface area contributed by atoms with E-state index in [4.69, 9.17) is 28.2 Å². The molecule has 2 heterocycles. The normalized spacial score (nSPS) is 14.6. The van der Waals surface area contributed by atoms with Gasteiger partial charge >= 0.3 is 0 Å². The van der Waals surface area contributed by atoms with E-state index in [1.807, 2.05) is 29.2 Å². The molecule has 1 fully saturated rings. The Labute approximate surface area is 193 Å². The highest BCUT2D eigenvalue weighted by atomic mass is 35.5. The van der Waals surface area contributed by atoms with Crippen molar-refractivity contribution in [3.05, 3.63) is 88.0 Å². The average molecular weight is 454 g/mol. The van der Waals surface area contributed by atoms with Crippen LogP contribution in [0.4, 0.5) is 0 Å². The molecule has 4 nitrogen and oxygen atoms in total. The summed E-state index contributed by atoms with van der Waals surface area (Å²) in [6.07, 6.45) is 1.97. The van der Waals surface area contributed by atoms with Gasteiger partial charge < -0.3 is 10.2 Å². The van der Waals surface area contributed by atoms with Gasteiger partial charge in [-0.15, -0.1) is 0 Å². The van der Waals surface area contributed by atoms with Crippen molar-refractivity contribution < 1.29 is 4.79 Å². The van der Waals surface area contributed by atoms with E-state index in [-0.39, 0.29) is 5.91 Å². The third kappa shape index (κ3) is 5.65. The maximum absolute atomic E-state index is 12.7. The van der Waals surface area contributed by atoms with Gasteiger partial charge in [-0.05, 0) is 55.6 Å². The van der Waals surface area contributed by atoms with E-state index in [1.165, 1.54) is 0 Å². The number of likely N-dealkylation sites (tertiary alicyclic amines) is 1. The number of halogens is 2. The fourth-order valence-corrected chi connectivity index (χ4v) is 4.20. The van der Waals surface area contributed by atoms with E-state index in [0.717, 1.165) is 56.0 Å². The van der Waals surface area contributed by atoms with Gasteiger partial charge in [-0.3, -0.25) is 9.78 Å². The molecule has 6 heteroatoms. The Morgan fingerprint density at radius 1 is 0.968 bits per heavy atom. The Morgan fingerprint density at radius 3 is 2.48 bits per heavy atom. The second-order valence-corrected chi connectivity index (χ2v) is 8.69. The summed E-state index contributed by atoms with van der Waals surface area (Å²) in [4.78, 5) is 19.4. The van der Waals surface area contributed by atoms with Gasteiger partial charge in [0.1, 0.15) is 0 Å². The molecule has 0 bridgehead atoms. The van der Waals surface area contributed by atoms with Crippen molar-refractivity contribution in [1.29, 1.82) is 0 Å². The third-order valence-electron chi connectivity index (χ3n) is 5.68. The van der Waals surface area contributed by atoms with Gasteiger partial charge in [0.05, 0.1) is 21.4 Å². The molecule has 4 rings (SSSR count). The van der Waals surface area contributed by atoms with Gasteiger partial charge in [0.2, 0.25) is 0 Å². The number of carbonyl (C=O) groups is 1. The number of hydrogen-bond acceptors (Lipinski definition) is 3. The van der Waals surface area contributed by atoms with Gasteiger partial charge in [-0.1, -0.05) is 59.6 Å². The highest BCUT2D eigenvalue weighted by Crippen LogP contribution is 2.25. The lowest BCUT2D eigenvalue weighted by atomic mass is 9.96. The van der Waals surface area contributed by atoms with Gasteiger partial charge in [0.15, 0.2) is 0 Å². The van der Waals surface area contributed by atoms with Crippen molar-refractivity contribution in [1.82, 2.24) is 15.2 Å². The first-order chi connectivity index (χ1) is 15.1. The largest absolute Gasteiger partial charge is 0.339 e. The van der Waals surface area contributed by atoms with E-state index in [9.17, 15) is 4.79 Å². The lowest BCUT2D eigenvalue weighted by molar-refractivity contribution is 0.0690. The molecule has 1 amide bonds. The first-order valence-electron chi connectivity index (χ1n) is 10.6. The standard InChI is InChI=1S/C25H25Cl2N3O/c26-22-10-9-20(15-23(22)27)25(31)30-13-11-18(12-14-30)16-28-17-21-7-4-8-24(29-21)19-5-2-1-3-6-19/h1-10,15,18,28H,11-14,16-17H2. The van der Waals surface area contributed by atoms with Crippen LogP contribution >= 0.6 is 23.2 Å². The van der Waals surface area contributed by atoms with Crippen LogP contribution in [-0.4, -0.2) is 35.4 Å². The Morgan fingerprint density at radius 2 is 1.74 bits per heavy atom. The molecule has 3 aromatic rings. The van der Waals surface area contributed by atoms with Crippen molar-refractivity contribution in [3.8, 4) is 11.3 Å². The predicted molar refractivity (Wildman–Crippen MR) is 126 cm³/mol. The summed E-state index contributed by atoms with van der Waals surface area (Å²) in [6, 6.07) is 21.4. The minimum atomic E-state index is 0.0203. The summed E-state index contributed by atoms with van der Waals surface area (Å²) in [6.45, 7) is 3.18. The van der Waals surface area contributed by atoms with Crippen LogP contribution in [0.25, 0.3) is 11.3 Å². The lowest BCUT2D eigenvalue weighted by Crippen LogP contribution is -2.40. The number of aromatic nitrogens is 1. The molecule has 0 spiro atoms. The zero-order chi connectivity index (χ0) is 21.6. The van der Waals surface area contributed by atoms with E-state index < -0.39 is 0 Å². The van der Waals surface area contributed by atoms with Crippen LogP contribution in [0.2, 0.25) is 10.0 Å². The molecule has 0 saturated carbocycles. The highest BCUT2D eigenvalue weighted by Gasteiger charge is 2.23. The van der Waals surface area contributed by atoms with Crippen molar-refractivity contribution >= 4 is 29.1 Å². The number of piperidine rings is 1.